The number of aliphatic carboxylic acids is 1. The Labute approximate surface area is 215 Å². The van der Waals surface area contributed by atoms with Crippen molar-refractivity contribution in [3.05, 3.63) is 65.7 Å². The van der Waals surface area contributed by atoms with Gasteiger partial charge in [-0.3, -0.25) is 9.36 Å². The van der Waals surface area contributed by atoms with Crippen molar-refractivity contribution in [2.24, 2.45) is 11.7 Å². The van der Waals surface area contributed by atoms with E-state index in [1.54, 1.807) is 36.4 Å². The van der Waals surface area contributed by atoms with E-state index in [9.17, 15) is 38.9 Å². The molecule has 0 saturated carbocycles. The zero-order valence-corrected chi connectivity index (χ0v) is 21.6. The van der Waals surface area contributed by atoms with Crippen LogP contribution in [0.5, 0.6) is 5.75 Å². The summed E-state index contributed by atoms with van der Waals surface area (Å²) in [6, 6.07) is 10.5. The van der Waals surface area contributed by atoms with E-state index in [0.717, 1.165) is 0 Å². The highest BCUT2D eigenvalue weighted by Gasteiger charge is 2.38. The largest absolute Gasteiger partial charge is 0.508 e. The van der Waals surface area contributed by atoms with Crippen LogP contribution in [0.4, 0.5) is 4.79 Å². The van der Waals surface area contributed by atoms with Crippen LogP contribution in [0, 0.1) is 5.92 Å². The number of phenolic OH excluding ortho intramolecular Hbond substituents is 1. The molecule has 12 heteroatoms. The number of amides is 3. The van der Waals surface area contributed by atoms with Crippen LogP contribution >= 0.6 is 7.60 Å². The molecule has 2 aromatic rings. The average Bonchev–Trinajstić information content (AvgIpc) is 2.80. The molecule has 3 atom stereocenters. The Balaban J connectivity index is 2.27. The van der Waals surface area contributed by atoms with Gasteiger partial charge in [0.25, 0.3) is 0 Å². The van der Waals surface area contributed by atoms with Crippen LogP contribution < -0.4 is 11.1 Å². The lowest BCUT2D eigenvalue weighted by atomic mass is 9.99. The van der Waals surface area contributed by atoms with E-state index in [0.29, 0.717) is 10.5 Å². The highest BCUT2D eigenvalue weighted by molar-refractivity contribution is 7.52. The average molecular weight is 536 g/mol. The summed E-state index contributed by atoms with van der Waals surface area (Å²) in [7, 11) is -4.69. The van der Waals surface area contributed by atoms with Crippen molar-refractivity contribution < 1.29 is 38.9 Å². The van der Waals surface area contributed by atoms with E-state index < -0.39 is 43.2 Å². The second-order valence-electron chi connectivity index (χ2n) is 9.18. The Morgan fingerprint density at radius 3 is 2.14 bits per heavy atom. The second-order valence-corrected chi connectivity index (χ2v) is 11.0. The molecule has 0 aliphatic heterocycles. The predicted octanol–water partition coefficient (Wildman–Crippen LogP) is 2.61. The summed E-state index contributed by atoms with van der Waals surface area (Å²) in [4.78, 5) is 58.1. The van der Waals surface area contributed by atoms with Gasteiger partial charge in [0, 0.05) is 12.0 Å². The second kappa shape index (κ2) is 13.3. The van der Waals surface area contributed by atoms with Crippen LogP contribution in [0.25, 0.3) is 0 Å². The molecule has 1 unspecified atom stereocenters. The molecule has 0 aromatic heterocycles. The zero-order chi connectivity index (χ0) is 27.8. The van der Waals surface area contributed by atoms with Gasteiger partial charge in [0.1, 0.15) is 11.8 Å². The van der Waals surface area contributed by atoms with Crippen LogP contribution in [0.2, 0.25) is 0 Å². The fraction of sp³-hybridized carbons (Fsp3) is 0.400. The number of hydrogen-bond acceptors (Lipinski definition) is 6. The topological polar surface area (TPSA) is 190 Å². The molecule has 7 N–H and O–H groups in total. The maximum Gasteiger partial charge on any atom is 0.333 e. The van der Waals surface area contributed by atoms with Crippen molar-refractivity contribution >= 4 is 25.5 Å². The van der Waals surface area contributed by atoms with Gasteiger partial charge in [0.05, 0.1) is 11.7 Å². The summed E-state index contributed by atoms with van der Waals surface area (Å²) >= 11 is 0. The molecule has 2 rings (SSSR count). The molecule has 0 radical (unpaired) electrons. The van der Waals surface area contributed by atoms with Gasteiger partial charge < -0.3 is 31.1 Å². The summed E-state index contributed by atoms with van der Waals surface area (Å²) in [6.45, 7) is 3.58. The van der Waals surface area contributed by atoms with Gasteiger partial charge in [-0.05, 0) is 36.9 Å². The van der Waals surface area contributed by atoms with Gasteiger partial charge in [-0.25, -0.2) is 14.5 Å². The third-order valence-electron chi connectivity index (χ3n) is 5.86. The Hall–Kier alpha value is -3.24. The fourth-order valence-electron chi connectivity index (χ4n) is 4.12. The van der Waals surface area contributed by atoms with Crippen molar-refractivity contribution in [3.63, 3.8) is 0 Å². The summed E-state index contributed by atoms with van der Waals surface area (Å²) in [5.74, 6) is -2.57. The standard InChI is InChI=1S/C25H34N3O8P/c1-16(2)14-19(27-13-12-22(37(34,35)36)18-10-6-7-11-21(18)29)23(30)28(25(26)33)20(24(31)32)15-17-8-4-3-5-9-17/h3-11,16,19-20,22,27,29H,12-15H2,1-2H3,(H2,26,33)(H,31,32)(H2,34,35,36)/t19-,20-,22?/m0/s1. The van der Waals surface area contributed by atoms with Crippen LogP contribution in [0.3, 0.4) is 0 Å². The molecule has 0 aliphatic carbocycles. The molecular weight excluding hydrogens is 501 g/mol. The molecule has 0 heterocycles. The van der Waals surface area contributed by atoms with Crippen molar-refractivity contribution in [1.82, 2.24) is 10.2 Å². The van der Waals surface area contributed by atoms with Crippen molar-refractivity contribution in [2.75, 3.05) is 6.54 Å². The first kappa shape index (κ1) is 30.0. The number of nitrogens with zero attached hydrogens (tertiary/aromatic N) is 1. The molecule has 0 bridgehead atoms. The van der Waals surface area contributed by atoms with Crippen molar-refractivity contribution in [3.8, 4) is 5.75 Å². The molecule has 2 aromatic carbocycles. The lowest BCUT2D eigenvalue weighted by Crippen LogP contribution is -2.58. The van der Waals surface area contributed by atoms with Gasteiger partial charge in [-0.2, -0.15) is 0 Å². The Kier molecular flexibility index (Phi) is 10.8. The van der Waals surface area contributed by atoms with Gasteiger partial charge in [0.15, 0.2) is 0 Å². The first-order valence-corrected chi connectivity index (χ1v) is 13.5. The van der Waals surface area contributed by atoms with E-state index in [2.05, 4.69) is 5.32 Å². The first-order chi connectivity index (χ1) is 17.3. The minimum Gasteiger partial charge on any atom is -0.508 e. The van der Waals surface area contributed by atoms with Gasteiger partial charge in [-0.15, -0.1) is 0 Å². The molecule has 37 heavy (non-hydrogen) atoms. The number of benzene rings is 2. The molecule has 0 spiro atoms. The van der Waals surface area contributed by atoms with Crippen LogP contribution in [-0.4, -0.2) is 61.4 Å². The summed E-state index contributed by atoms with van der Waals surface area (Å²) < 4.78 is 12.2. The third-order valence-corrected chi connectivity index (χ3v) is 7.21. The Morgan fingerprint density at radius 1 is 1.03 bits per heavy atom. The number of nitrogens with two attached hydrogens (primary N) is 1. The van der Waals surface area contributed by atoms with Crippen molar-refractivity contribution in [2.45, 2.75) is 50.9 Å². The highest BCUT2D eigenvalue weighted by atomic mass is 31.2. The van der Waals surface area contributed by atoms with E-state index in [1.165, 1.54) is 18.2 Å². The van der Waals surface area contributed by atoms with Gasteiger partial charge in [-0.1, -0.05) is 62.4 Å². The van der Waals surface area contributed by atoms with E-state index in [4.69, 9.17) is 5.73 Å². The molecular formula is C25H34N3O8P. The maximum atomic E-state index is 13.5. The zero-order valence-electron chi connectivity index (χ0n) is 20.7. The summed E-state index contributed by atoms with van der Waals surface area (Å²) in [5.41, 5.74) is 4.79. The molecule has 0 saturated heterocycles. The van der Waals surface area contributed by atoms with Gasteiger partial charge >= 0.3 is 19.6 Å². The first-order valence-electron chi connectivity index (χ1n) is 11.8. The summed E-state index contributed by atoms with van der Waals surface area (Å²) in [6.07, 6.45) is -0.0864. The van der Waals surface area contributed by atoms with Crippen LogP contribution in [0.1, 0.15) is 43.5 Å². The van der Waals surface area contributed by atoms with E-state index in [-0.39, 0.29) is 43.0 Å². The molecule has 202 valence electrons. The van der Waals surface area contributed by atoms with Gasteiger partial charge in [0.2, 0.25) is 5.91 Å². The van der Waals surface area contributed by atoms with E-state index >= 15 is 0 Å². The number of para-hydroxylation sites is 1. The number of carbonyl (C=O) groups excluding carboxylic acids is 2. The number of carboxylic acids is 1. The number of urea groups is 1. The number of hydrogen-bond donors (Lipinski definition) is 6. The minimum atomic E-state index is -4.69. The smallest absolute Gasteiger partial charge is 0.333 e. The maximum absolute atomic E-state index is 13.5. The quantitative estimate of drug-likeness (QED) is 0.209. The molecule has 11 nitrogen and oxygen atoms in total. The Bertz CT molecular complexity index is 1120. The fourth-order valence-corrected chi connectivity index (χ4v) is 5.17. The number of carbonyl (C=O) groups is 3. The Morgan fingerprint density at radius 2 is 1.62 bits per heavy atom. The number of rotatable bonds is 13. The monoisotopic (exact) mass is 535 g/mol. The predicted molar refractivity (Wildman–Crippen MR) is 137 cm³/mol. The number of imide groups is 1. The minimum absolute atomic E-state index is 0.0516. The lowest BCUT2D eigenvalue weighted by molar-refractivity contribution is -0.148. The number of aromatic hydroxyl groups is 1. The van der Waals surface area contributed by atoms with E-state index in [1.807, 2.05) is 13.8 Å². The molecule has 0 aliphatic rings. The highest BCUT2D eigenvalue weighted by Crippen LogP contribution is 2.55. The number of phenols is 1. The lowest BCUT2D eigenvalue weighted by Gasteiger charge is -2.31. The van der Waals surface area contributed by atoms with Crippen molar-refractivity contribution in [1.29, 1.82) is 0 Å². The molecule has 3 amide bonds. The summed E-state index contributed by atoms with van der Waals surface area (Å²) in [5, 5.41) is 22.8. The third kappa shape index (κ3) is 8.68. The number of carboxylic acid groups (broad SMARTS) is 1. The number of primary amides is 1. The SMILES string of the molecule is CC(C)C[C@H](NCCC(c1ccccc1O)P(=O)(O)O)C(=O)N(C(N)=O)[C@@H](Cc1ccccc1)C(=O)O. The number of nitrogens with one attached hydrogen (secondary N) is 1. The van der Waals surface area contributed by atoms with Crippen LogP contribution in [-0.2, 0) is 20.6 Å². The van der Waals surface area contributed by atoms with Crippen LogP contribution in [0.15, 0.2) is 54.6 Å². The normalized spacial score (nSPS) is 14.1. The molecule has 0 fully saturated rings.